The Hall–Kier alpha value is -2.48. The van der Waals surface area contributed by atoms with E-state index >= 15 is 0 Å². The number of allylic oxidation sites excluding steroid dienone is 1. The summed E-state index contributed by atoms with van der Waals surface area (Å²) in [6, 6.07) is 6.35. The van der Waals surface area contributed by atoms with Crippen molar-refractivity contribution < 1.29 is 9.53 Å². The maximum Gasteiger partial charge on any atom is 0.305 e. The van der Waals surface area contributed by atoms with Crippen molar-refractivity contribution in [2.45, 2.75) is 77.4 Å². The zero-order chi connectivity index (χ0) is 27.0. The first-order valence-electron chi connectivity index (χ1n) is 13.5. The lowest BCUT2D eigenvalue weighted by atomic mass is 9.83. The SMILES string of the molecule is COC(=O)CC[C@@H]1CCCN1[C@H]1CC=C(c2cnc3c(C)nn([C@H](C)c4ccc(Cl)cc4Cl)c3n2)C[C@H]1C. The Bertz CT molecular complexity index is 1370. The molecule has 1 aromatic carbocycles. The number of benzene rings is 1. The van der Waals surface area contributed by atoms with Crippen molar-refractivity contribution in [2.24, 2.45) is 5.92 Å². The lowest BCUT2D eigenvalue weighted by Gasteiger charge is -2.39. The Morgan fingerprint density at radius 1 is 1.29 bits per heavy atom. The third kappa shape index (κ3) is 5.33. The normalized spacial score (nSPS) is 23.0. The second-order valence-corrected chi connectivity index (χ2v) is 11.5. The van der Waals surface area contributed by atoms with Crippen LogP contribution in [0, 0.1) is 12.8 Å². The smallest absolute Gasteiger partial charge is 0.305 e. The fraction of sp³-hybridized carbons (Fsp3) is 0.517. The number of carbonyl (C=O) groups excluding carboxylic acids is 1. The monoisotopic (exact) mass is 555 g/mol. The van der Waals surface area contributed by atoms with E-state index in [2.05, 4.69) is 24.8 Å². The van der Waals surface area contributed by atoms with Crippen LogP contribution in [0.4, 0.5) is 0 Å². The second-order valence-electron chi connectivity index (χ2n) is 10.7. The summed E-state index contributed by atoms with van der Waals surface area (Å²) in [5.41, 5.74) is 5.48. The van der Waals surface area contributed by atoms with Crippen molar-refractivity contribution in [3.8, 4) is 0 Å². The number of fused-ring (bicyclic) bond motifs is 1. The van der Waals surface area contributed by atoms with Crippen LogP contribution in [0.25, 0.3) is 16.7 Å². The van der Waals surface area contributed by atoms with Crippen LogP contribution in [0.2, 0.25) is 10.0 Å². The highest BCUT2D eigenvalue weighted by molar-refractivity contribution is 6.35. The molecule has 0 spiro atoms. The number of ether oxygens (including phenoxy) is 1. The Kier molecular flexibility index (Phi) is 8.08. The molecule has 2 aliphatic rings. The van der Waals surface area contributed by atoms with E-state index in [1.54, 1.807) is 6.07 Å². The summed E-state index contributed by atoms with van der Waals surface area (Å²) in [6.45, 7) is 7.45. The van der Waals surface area contributed by atoms with Gasteiger partial charge in [-0.15, -0.1) is 0 Å². The molecule has 1 fully saturated rings. The zero-order valence-corrected chi connectivity index (χ0v) is 24.0. The number of halogens is 2. The highest BCUT2D eigenvalue weighted by Crippen LogP contribution is 2.37. The van der Waals surface area contributed by atoms with Crippen LogP contribution in [0.3, 0.4) is 0 Å². The summed E-state index contributed by atoms with van der Waals surface area (Å²) in [6.07, 6.45) is 9.83. The van der Waals surface area contributed by atoms with Crippen LogP contribution in [0.15, 0.2) is 30.5 Å². The number of likely N-dealkylation sites (tertiary alicyclic amines) is 1. The predicted molar refractivity (Wildman–Crippen MR) is 151 cm³/mol. The van der Waals surface area contributed by atoms with Gasteiger partial charge in [0.1, 0.15) is 5.52 Å². The average Bonchev–Trinajstić information content (AvgIpc) is 3.50. The van der Waals surface area contributed by atoms with E-state index in [0.717, 1.165) is 60.3 Å². The minimum Gasteiger partial charge on any atom is -0.469 e. The van der Waals surface area contributed by atoms with Gasteiger partial charge in [0.25, 0.3) is 0 Å². The van der Waals surface area contributed by atoms with Gasteiger partial charge in [0, 0.05) is 28.5 Å². The number of aromatic nitrogens is 4. The van der Waals surface area contributed by atoms with E-state index in [1.807, 2.05) is 29.9 Å². The van der Waals surface area contributed by atoms with Crippen LogP contribution >= 0.6 is 23.2 Å². The molecule has 4 atom stereocenters. The molecule has 0 N–H and O–H groups in total. The average molecular weight is 557 g/mol. The van der Waals surface area contributed by atoms with Gasteiger partial charge in [-0.3, -0.25) is 9.69 Å². The molecule has 38 heavy (non-hydrogen) atoms. The van der Waals surface area contributed by atoms with Crippen molar-refractivity contribution in [1.29, 1.82) is 0 Å². The standard InChI is InChI=1S/C29H35Cl2N5O2/c1-17-14-20(7-11-26(17)35-13-5-6-22(35)9-12-27(37)38-4)25-16-32-28-18(2)34-36(29(28)33-25)19(3)23-10-8-21(30)15-24(23)31/h7-8,10,15-17,19,22,26H,5-6,9,11-14H2,1-4H3/t17-,19-,22+,26+/m1/s1. The molecule has 0 amide bonds. The van der Waals surface area contributed by atoms with Gasteiger partial charge < -0.3 is 4.74 Å². The van der Waals surface area contributed by atoms with Crippen molar-refractivity contribution in [3.05, 3.63) is 57.5 Å². The number of nitrogens with zero attached hydrogens (tertiary/aromatic N) is 5. The first kappa shape index (κ1) is 27.1. The van der Waals surface area contributed by atoms with Gasteiger partial charge in [-0.2, -0.15) is 5.10 Å². The van der Waals surface area contributed by atoms with Crippen LogP contribution < -0.4 is 0 Å². The van der Waals surface area contributed by atoms with Crippen molar-refractivity contribution in [1.82, 2.24) is 24.6 Å². The first-order valence-corrected chi connectivity index (χ1v) is 14.2. The molecule has 2 aromatic heterocycles. The molecule has 0 saturated carbocycles. The van der Waals surface area contributed by atoms with Crippen molar-refractivity contribution >= 4 is 45.9 Å². The molecule has 1 saturated heterocycles. The van der Waals surface area contributed by atoms with Gasteiger partial charge >= 0.3 is 5.97 Å². The molecule has 1 aliphatic carbocycles. The minimum absolute atomic E-state index is 0.119. The molecular formula is C29H35Cl2N5O2. The largest absolute Gasteiger partial charge is 0.469 e. The van der Waals surface area contributed by atoms with Crippen LogP contribution in [-0.4, -0.2) is 56.4 Å². The molecule has 3 aromatic rings. The van der Waals surface area contributed by atoms with Crippen LogP contribution in [-0.2, 0) is 9.53 Å². The van der Waals surface area contributed by atoms with Gasteiger partial charge in [0.05, 0.1) is 30.7 Å². The highest BCUT2D eigenvalue weighted by Gasteiger charge is 2.35. The third-order valence-corrected chi connectivity index (χ3v) is 8.80. The Labute approximate surface area is 234 Å². The molecule has 0 radical (unpaired) electrons. The molecule has 5 rings (SSSR count). The van der Waals surface area contributed by atoms with E-state index < -0.39 is 0 Å². The van der Waals surface area contributed by atoms with Gasteiger partial charge in [-0.25, -0.2) is 14.6 Å². The van der Waals surface area contributed by atoms with Gasteiger partial charge in [-0.05, 0) is 81.7 Å². The summed E-state index contributed by atoms with van der Waals surface area (Å²) in [5, 5.41) is 6.00. The second kappa shape index (κ2) is 11.3. The van der Waals surface area contributed by atoms with E-state index in [1.165, 1.54) is 19.1 Å². The lowest BCUT2D eigenvalue weighted by molar-refractivity contribution is -0.141. The zero-order valence-electron chi connectivity index (χ0n) is 22.5. The van der Waals surface area contributed by atoms with Gasteiger partial charge in [0.2, 0.25) is 0 Å². The highest BCUT2D eigenvalue weighted by atomic mass is 35.5. The first-order chi connectivity index (χ1) is 18.3. The molecule has 0 bridgehead atoms. The summed E-state index contributed by atoms with van der Waals surface area (Å²) >= 11 is 12.6. The summed E-state index contributed by atoms with van der Waals surface area (Å²) in [4.78, 5) is 24.2. The summed E-state index contributed by atoms with van der Waals surface area (Å²) < 4.78 is 6.79. The Morgan fingerprint density at radius 2 is 2.11 bits per heavy atom. The molecule has 1 aliphatic heterocycles. The fourth-order valence-corrected chi connectivity index (χ4v) is 6.74. The maximum atomic E-state index is 11.7. The number of methoxy groups -OCH3 is 1. The summed E-state index contributed by atoms with van der Waals surface area (Å²) in [7, 11) is 1.46. The van der Waals surface area contributed by atoms with Crippen LogP contribution in [0.1, 0.15) is 75.4 Å². The molecular weight excluding hydrogens is 521 g/mol. The van der Waals surface area contributed by atoms with Gasteiger partial charge in [0.15, 0.2) is 5.65 Å². The molecule has 0 unspecified atom stereocenters. The van der Waals surface area contributed by atoms with Crippen LogP contribution in [0.5, 0.6) is 0 Å². The number of hydrogen-bond donors (Lipinski definition) is 0. The minimum atomic E-state index is -0.124. The molecule has 3 heterocycles. The molecule has 9 heteroatoms. The molecule has 202 valence electrons. The Morgan fingerprint density at radius 3 is 2.84 bits per heavy atom. The topological polar surface area (TPSA) is 73.1 Å². The predicted octanol–water partition coefficient (Wildman–Crippen LogP) is 6.65. The van der Waals surface area contributed by atoms with E-state index in [0.29, 0.717) is 34.5 Å². The number of aryl methyl sites for hydroxylation is 1. The van der Waals surface area contributed by atoms with E-state index in [9.17, 15) is 4.79 Å². The van der Waals surface area contributed by atoms with Crippen molar-refractivity contribution in [3.63, 3.8) is 0 Å². The van der Waals surface area contributed by atoms with E-state index in [-0.39, 0.29) is 12.0 Å². The third-order valence-electron chi connectivity index (χ3n) is 8.24. The number of rotatable bonds is 7. The van der Waals surface area contributed by atoms with E-state index in [4.69, 9.17) is 43.0 Å². The number of hydrogen-bond acceptors (Lipinski definition) is 6. The quantitative estimate of drug-likeness (QED) is 0.304. The summed E-state index contributed by atoms with van der Waals surface area (Å²) in [5.74, 6) is 0.358. The maximum absolute atomic E-state index is 11.7. The molecule has 7 nitrogen and oxygen atoms in total. The number of carbonyl (C=O) groups is 1. The van der Waals surface area contributed by atoms with Crippen molar-refractivity contribution in [2.75, 3.05) is 13.7 Å². The fourth-order valence-electron chi connectivity index (χ4n) is 6.17. The Balaban J connectivity index is 1.38. The number of esters is 1. The lowest BCUT2D eigenvalue weighted by Crippen LogP contribution is -2.44. The van der Waals surface area contributed by atoms with Gasteiger partial charge in [-0.1, -0.05) is 42.3 Å².